The molecule has 0 aliphatic rings. The van der Waals surface area contributed by atoms with Gasteiger partial charge in [-0.25, -0.2) is 14.4 Å². The maximum atomic E-state index is 13.7. The second kappa shape index (κ2) is 6.79. The van der Waals surface area contributed by atoms with E-state index in [1.807, 2.05) is 6.92 Å². The lowest BCUT2D eigenvalue weighted by Gasteiger charge is -2.09. The summed E-state index contributed by atoms with van der Waals surface area (Å²) in [4.78, 5) is 8.36. The molecule has 1 rings (SSSR count). The van der Waals surface area contributed by atoms with Gasteiger partial charge in [0.05, 0.1) is 5.69 Å². The largest absolute Gasteiger partial charge is 0.368 e. The standard InChI is InChI=1S/C12H20FN3S/c1-5-6-14-11-10(13)9(4)15-12(16-11)17-7-8(2)3/h8H,5-7H2,1-4H3,(H,14,15,16). The molecule has 0 atom stereocenters. The zero-order valence-electron chi connectivity index (χ0n) is 10.9. The molecule has 0 amide bonds. The Bertz CT molecular complexity index is 369. The zero-order valence-corrected chi connectivity index (χ0v) is 11.7. The molecule has 0 aliphatic heterocycles. The van der Waals surface area contributed by atoms with Crippen LogP contribution in [-0.4, -0.2) is 22.3 Å². The summed E-state index contributed by atoms with van der Waals surface area (Å²) in [6.45, 7) is 8.71. The third-order valence-electron chi connectivity index (χ3n) is 2.08. The Kier molecular flexibility index (Phi) is 5.68. The van der Waals surface area contributed by atoms with Gasteiger partial charge >= 0.3 is 0 Å². The van der Waals surface area contributed by atoms with Crippen molar-refractivity contribution >= 4 is 17.6 Å². The minimum absolute atomic E-state index is 0.325. The van der Waals surface area contributed by atoms with Gasteiger partial charge in [-0.2, -0.15) is 0 Å². The highest BCUT2D eigenvalue weighted by molar-refractivity contribution is 7.99. The van der Waals surface area contributed by atoms with Crippen molar-refractivity contribution in [2.24, 2.45) is 5.92 Å². The van der Waals surface area contributed by atoms with Crippen molar-refractivity contribution in [2.45, 2.75) is 39.3 Å². The maximum Gasteiger partial charge on any atom is 0.189 e. The summed E-state index contributed by atoms with van der Waals surface area (Å²) >= 11 is 1.57. The van der Waals surface area contributed by atoms with E-state index in [1.54, 1.807) is 18.7 Å². The molecule has 0 aliphatic carbocycles. The first-order valence-electron chi connectivity index (χ1n) is 5.95. The lowest BCUT2D eigenvalue weighted by atomic mass is 10.3. The molecular weight excluding hydrogens is 237 g/mol. The highest BCUT2D eigenvalue weighted by Crippen LogP contribution is 2.21. The van der Waals surface area contributed by atoms with Gasteiger partial charge in [0.25, 0.3) is 0 Å². The van der Waals surface area contributed by atoms with E-state index in [0.717, 1.165) is 18.7 Å². The molecule has 0 radical (unpaired) electrons. The minimum atomic E-state index is -0.340. The van der Waals surface area contributed by atoms with Gasteiger partial charge in [-0.15, -0.1) is 0 Å². The quantitative estimate of drug-likeness (QED) is 0.625. The summed E-state index contributed by atoms with van der Waals surface area (Å²) in [7, 11) is 0. The van der Waals surface area contributed by atoms with Crippen molar-refractivity contribution in [3.8, 4) is 0 Å². The fourth-order valence-electron chi connectivity index (χ4n) is 1.20. The maximum absolute atomic E-state index is 13.7. The molecule has 3 nitrogen and oxygen atoms in total. The zero-order chi connectivity index (χ0) is 12.8. The fourth-order valence-corrected chi connectivity index (χ4v) is 2.04. The molecule has 96 valence electrons. The molecule has 1 N–H and O–H groups in total. The van der Waals surface area contributed by atoms with E-state index in [4.69, 9.17) is 0 Å². The number of rotatable bonds is 6. The first-order chi connectivity index (χ1) is 8.04. The Labute approximate surface area is 107 Å². The van der Waals surface area contributed by atoms with E-state index < -0.39 is 0 Å². The van der Waals surface area contributed by atoms with Gasteiger partial charge in [0.2, 0.25) is 0 Å². The van der Waals surface area contributed by atoms with E-state index in [-0.39, 0.29) is 5.82 Å². The molecule has 0 bridgehead atoms. The molecule has 5 heteroatoms. The molecule has 1 aromatic heterocycles. The van der Waals surface area contributed by atoms with Crippen molar-refractivity contribution < 1.29 is 4.39 Å². The van der Waals surface area contributed by atoms with Crippen LogP contribution in [0.5, 0.6) is 0 Å². The molecule has 0 saturated carbocycles. The van der Waals surface area contributed by atoms with Crippen molar-refractivity contribution in [1.82, 2.24) is 9.97 Å². The van der Waals surface area contributed by atoms with Gasteiger partial charge in [0.1, 0.15) is 0 Å². The number of aryl methyl sites for hydroxylation is 1. The number of nitrogens with one attached hydrogen (secondary N) is 1. The normalized spacial score (nSPS) is 10.9. The Balaban J connectivity index is 2.81. The van der Waals surface area contributed by atoms with E-state index in [1.165, 1.54) is 0 Å². The number of halogens is 1. The molecule has 0 fully saturated rings. The third kappa shape index (κ3) is 4.50. The van der Waals surface area contributed by atoms with Gasteiger partial charge < -0.3 is 5.32 Å². The number of hydrogen-bond donors (Lipinski definition) is 1. The Morgan fingerprint density at radius 2 is 2.06 bits per heavy atom. The lowest BCUT2D eigenvalue weighted by Crippen LogP contribution is -2.08. The van der Waals surface area contributed by atoms with E-state index >= 15 is 0 Å². The lowest BCUT2D eigenvalue weighted by molar-refractivity contribution is 0.595. The second-order valence-electron chi connectivity index (χ2n) is 4.39. The summed E-state index contributed by atoms with van der Waals surface area (Å²) in [6.07, 6.45) is 0.941. The summed E-state index contributed by atoms with van der Waals surface area (Å²) in [5, 5.41) is 3.64. The molecule has 1 aromatic rings. The van der Waals surface area contributed by atoms with E-state index in [2.05, 4.69) is 29.1 Å². The molecular formula is C12H20FN3S. The Morgan fingerprint density at radius 1 is 1.35 bits per heavy atom. The molecule has 0 saturated heterocycles. The Hall–Kier alpha value is -0.840. The van der Waals surface area contributed by atoms with Crippen LogP contribution in [0, 0.1) is 18.7 Å². The van der Waals surface area contributed by atoms with E-state index in [0.29, 0.717) is 22.6 Å². The number of anilines is 1. The smallest absolute Gasteiger partial charge is 0.189 e. The molecule has 0 spiro atoms. The summed E-state index contributed by atoms with van der Waals surface area (Å²) in [6, 6.07) is 0. The average molecular weight is 257 g/mol. The topological polar surface area (TPSA) is 37.8 Å². The van der Waals surface area contributed by atoms with Crippen LogP contribution in [0.4, 0.5) is 10.2 Å². The van der Waals surface area contributed by atoms with Crippen LogP contribution in [0.1, 0.15) is 32.9 Å². The second-order valence-corrected chi connectivity index (χ2v) is 5.37. The van der Waals surface area contributed by atoms with Gasteiger partial charge in [0.15, 0.2) is 16.8 Å². The van der Waals surface area contributed by atoms with Crippen molar-refractivity contribution in [3.05, 3.63) is 11.5 Å². The highest BCUT2D eigenvalue weighted by Gasteiger charge is 2.11. The van der Waals surface area contributed by atoms with Crippen molar-refractivity contribution in [2.75, 3.05) is 17.6 Å². The molecule has 17 heavy (non-hydrogen) atoms. The van der Waals surface area contributed by atoms with Crippen LogP contribution in [-0.2, 0) is 0 Å². The summed E-state index contributed by atoms with van der Waals surface area (Å²) < 4.78 is 13.7. The number of nitrogens with zero attached hydrogens (tertiary/aromatic N) is 2. The van der Waals surface area contributed by atoms with Crippen LogP contribution < -0.4 is 5.32 Å². The van der Waals surface area contributed by atoms with Crippen molar-refractivity contribution in [1.29, 1.82) is 0 Å². The van der Waals surface area contributed by atoms with Crippen LogP contribution in [0.3, 0.4) is 0 Å². The van der Waals surface area contributed by atoms with Crippen LogP contribution in [0.2, 0.25) is 0 Å². The average Bonchev–Trinajstić information content (AvgIpc) is 2.28. The summed E-state index contributed by atoms with van der Waals surface area (Å²) in [5.41, 5.74) is 0.407. The monoisotopic (exact) mass is 257 g/mol. The fraction of sp³-hybridized carbons (Fsp3) is 0.667. The SMILES string of the molecule is CCCNc1nc(SCC(C)C)nc(C)c1F. The van der Waals surface area contributed by atoms with Crippen LogP contribution in [0.25, 0.3) is 0 Å². The number of hydrogen-bond acceptors (Lipinski definition) is 4. The minimum Gasteiger partial charge on any atom is -0.368 e. The molecule has 1 heterocycles. The van der Waals surface area contributed by atoms with Gasteiger partial charge in [-0.05, 0) is 19.3 Å². The number of aromatic nitrogens is 2. The predicted molar refractivity (Wildman–Crippen MR) is 71.1 cm³/mol. The van der Waals surface area contributed by atoms with Gasteiger partial charge in [-0.3, -0.25) is 0 Å². The first-order valence-corrected chi connectivity index (χ1v) is 6.94. The van der Waals surface area contributed by atoms with Gasteiger partial charge in [-0.1, -0.05) is 32.5 Å². The Morgan fingerprint density at radius 3 is 2.65 bits per heavy atom. The van der Waals surface area contributed by atoms with Gasteiger partial charge in [0, 0.05) is 12.3 Å². The van der Waals surface area contributed by atoms with Crippen LogP contribution in [0.15, 0.2) is 5.16 Å². The van der Waals surface area contributed by atoms with Crippen molar-refractivity contribution in [3.63, 3.8) is 0 Å². The highest BCUT2D eigenvalue weighted by atomic mass is 32.2. The molecule has 0 aromatic carbocycles. The number of thioether (sulfide) groups is 1. The van der Waals surface area contributed by atoms with Crippen LogP contribution >= 0.6 is 11.8 Å². The molecule has 0 unspecified atom stereocenters. The summed E-state index contributed by atoms with van der Waals surface area (Å²) in [5.74, 6) is 1.50. The third-order valence-corrected chi connectivity index (χ3v) is 3.36. The first kappa shape index (κ1) is 14.2. The van der Waals surface area contributed by atoms with E-state index in [9.17, 15) is 4.39 Å². The predicted octanol–water partition coefficient (Wildman–Crippen LogP) is 3.49.